The molecule has 1 N–H and O–H groups in total. The summed E-state index contributed by atoms with van der Waals surface area (Å²) in [4.78, 5) is 0. The third-order valence-electron chi connectivity index (χ3n) is 1.73. The monoisotopic (exact) mass is 218 g/mol. The van der Waals surface area contributed by atoms with Crippen LogP contribution >= 0.6 is 0 Å². The van der Waals surface area contributed by atoms with E-state index >= 15 is 0 Å². The van der Waals surface area contributed by atoms with Gasteiger partial charge in [0.05, 0.1) is 0 Å². The van der Waals surface area contributed by atoms with Gasteiger partial charge in [-0.05, 0) is 22.9 Å². The predicted molar refractivity (Wildman–Crippen MR) is 51.4 cm³/mol. The van der Waals surface area contributed by atoms with Crippen LogP contribution in [0.3, 0.4) is 0 Å². The molecular formula is C10H8GeO. The normalized spacial score (nSPS) is 9.33. The molecule has 0 heterocycles. The molecule has 58 valence electrons. The summed E-state index contributed by atoms with van der Waals surface area (Å²) in [5, 5.41) is 11.4. The first-order chi connectivity index (χ1) is 5.36. The molecule has 0 aliphatic carbocycles. The topological polar surface area (TPSA) is 20.2 Å². The molecule has 0 aromatic heterocycles. The molecule has 0 fully saturated rings. The minimum Gasteiger partial charge on any atom is -0.508 e. The van der Waals surface area contributed by atoms with Crippen LogP contribution in [0.4, 0.5) is 0 Å². The predicted octanol–water partition coefficient (Wildman–Crippen LogP) is 2.16. The van der Waals surface area contributed by atoms with Crippen LogP contribution in [0, 0.1) is 0 Å². The molecule has 0 saturated heterocycles. The van der Waals surface area contributed by atoms with E-state index in [1.165, 1.54) is 0 Å². The van der Waals surface area contributed by atoms with Gasteiger partial charge in [0.2, 0.25) is 0 Å². The molecule has 0 aliphatic heterocycles. The standard InChI is InChI=1S/C10H8O.Ge/c11-10-6-5-8-3-1-2-4-9(8)7-10;/h1-7,11H;. The second-order valence-corrected chi connectivity index (χ2v) is 2.53. The minimum atomic E-state index is 0. The van der Waals surface area contributed by atoms with Gasteiger partial charge in [-0.2, -0.15) is 0 Å². The number of aromatic hydroxyl groups is 1. The van der Waals surface area contributed by atoms with Gasteiger partial charge in [-0.3, -0.25) is 0 Å². The Labute approximate surface area is 82.0 Å². The maximum Gasteiger partial charge on any atom is 0.116 e. The van der Waals surface area contributed by atoms with Crippen molar-refractivity contribution in [3.05, 3.63) is 42.5 Å². The molecule has 2 aromatic rings. The number of phenols is 1. The molecule has 2 rings (SSSR count). The molecule has 0 spiro atoms. The third-order valence-corrected chi connectivity index (χ3v) is 1.73. The van der Waals surface area contributed by atoms with E-state index in [-0.39, 0.29) is 17.6 Å². The second kappa shape index (κ2) is 3.63. The van der Waals surface area contributed by atoms with Crippen molar-refractivity contribution in [1.29, 1.82) is 0 Å². The number of benzene rings is 2. The Kier molecular flexibility index (Phi) is 2.76. The fourth-order valence-electron chi connectivity index (χ4n) is 1.18. The largest absolute Gasteiger partial charge is 0.508 e. The summed E-state index contributed by atoms with van der Waals surface area (Å²) >= 11 is 0. The fraction of sp³-hybridized carbons (Fsp3) is 0. The van der Waals surface area contributed by atoms with Crippen molar-refractivity contribution in [3.63, 3.8) is 0 Å². The second-order valence-electron chi connectivity index (χ2n) is 2.53. The van der Waals surface area contributed by atoms with E-state index in [9.17, 15) is 0 Å². The van der Waals surface area contributed by atoms with Gasteiger partial charge in [-0.15, -0.1) is 0 Å². The maximum atomic E-state index is 9.13. The Morgan fingerprint density at radius 2 is 1.50 bits per heavy atom. The smallest absolute Gasteiger partial charge is 0.116 e. The molecule has 4 radical (unpaired) electrons. The molecular weight excluding hydrogens is 209 g/mol. The number of phenolic OH excluding ortho intramolecular Hbond substituents is 1. The Morgan fingerprint density at radius 1 is 0.833 bits per heavy atom. The van der Waals surface area contributed by atoms with E-state index in [4.69, 9.17) is 5.11 Å². The van der Waals surface area contributed by atoms with Gasteiger partial charge in [0, 0.05) is 17.6 Å². The van der Waals surface area contributed by atoms with E-state index in [1.54, 1.807) is 12.1 Å². The van der Waals surface area contributed by atoms with Crippen LogP contribution in [0.2, 0.25) is 0 Å². The Morgan fingerprint density at radius 3 is 2.25 bits per heavy atom. The zero-order chi connectivity index (χ0) is 7.68. The van der Waals surface area contributed by atoms with E-state index < -0.39 is 0 Å². The molecule has 2 aromatic carbocycles. The van der Waals surface area contributed by atoms with Crippen molar-refractivity contribution in [2.24, 2.45) is 0 Å². The van der Waals surface area contributed by atoms with Crippen molar-refractivity contribution >= 4 is 28.4 Å². The number of rotatable bonds is 0. The summed E-state index contributed by atoms with van der Waals surface area (Å²) in [7, 11) is 0. The molecule has 0 bridgehead atoms. The maximum absolute atomic E-state index is 9.13. The van der Waals surface area contributed by atoms with Crippen LogP contribution in [0.1, 0.15) is 0 Å². The third kappa shape index (κ3) is 1.61. The van der Waals surface area contributed by atoms with Crippen molar-refractivity contribution in [3.8, 4) is 5.75 Å². The molecule has 1 nitrogen and oxygen atoms in total. The number of hydrogen-bond donors (Lipinski definition) is 1. The first kappa shape index (κ1) is 9.13. The van der Waals surface area contributed by atoms with Crippen molar-refractivity contribution in [1.82, 2.24) is 0 Å². The van der Waals surface area contributed by atoms with Gasteiger partial charge in [0.15, 0.2) is 0 Å². The quantitative estimate of drug-likeness (QED) is 0.670. The summed E-state index contributed by atoms with van der Waals surface area (Å²) in [6.45, 7) is 0. The minimum absolute atomic E-state index is 0. The van der Waals surface area contributed by atoms with Crippen LogP contribution in [-0.2, 0) is 0 Å². The van der Waals surface area contributed by atoms with E-state index in [2.05, 4.69) is 0 Å². The molecule has 0 atom stereocenters. The molecule has 12 heavy (non-hydrogen) atoms. The fourth-order valence-corrected chi connectivity index (χ4v) is 1.18. The number of fused-ring (bicyclic) bond motifs is 1. The summed E-state index contributed by atoms with van der Waals surface area (Å²) in [5.74, 6) is 0.323. The van der Waals surface area contributed by atoms with Crippen molar-refractivity contribution in [2.45, 2.75) is 0 Å². The van der Waals surface area contributed by atoms with Crippen LogP contribution in [0.15, 0.2) is 42.5 Å². The summed E-state index contributed by atoms with van der Waals surface area (Å²) in [6.07, 6.45) is 0. The molecule has 0 amide bonds. The van der Waals surface area contributed by atoms with Gasteiger partial charge >= 0.3 is 0 Å². The van der Waals surface area contributed by atoms with E-state index in [0.29, 0.717) is 5.75 Å². The summed E-state index contributed by atoms with van der Waals surface area (Å²) in [5.41, 5.74) is 0. The number of hydrogen-bond acceptors (Lipinski definition) is 1. The molecule has 2 heteroatoms. The summed E-state index contributed by atoms with van der Waals surface area (Å²) in [6, 6.07) is 13.3. The van der Waals surface area contributed by atoms with Crippen molar-refractivity contribution < 1.29 is 5.11 Å². The zero-order valence-corrected chi connectivity index (χ0v) is 8.59. The Hall–Kier alpha value is -0.957. The SMILES string of the molecule is Oc1ccc2ccccc2c1.[Ge]. The van der Waals surface area contributed by atoms with Gasteiger partial charge in [-0.25, -0.2) is 0 Å². The molecule has 0 unspecified atom stereocenters. The van der Waals surface area contributed by atoms with Gasteiger partial charge in [0.25, 0.3) is 0 Å². The Balaban J connectivity index is 0.000000720. The molecule has 0 aliphatic rings. The Bertz CT molecular complexity index is 384. The zero-order valence-electron chi connectivity index (χ0n) is 6.49. The van der Waals surface area contributed by atoms with E-state index in [1.807, 2.05) is 30.3 Å². The first-order valence-corrected chi connectivity index (χ1v) is 3.54. The van der Waals surface area contributed by atoms with Crippen LogP contribution in [-0.4, -0.2) is 22.7 Å². The first-order valence-electron chi connectivity index (χ1n) is 3.54. The van der Waals surface area contributed by atoms with Crippen LogP contribution in [0.5, 0.6) is 5.75 Å². The van der Waals surface area contributed by atoms with Gasteiger partial charge < -0.3 is 5.11 Å². The van der Waals surface area contributed by atoms with Gasteiger partial charge in [0.1, 0.15) is 5.75 Å². The summed E-state index contributed by atoms with van der Waals surface area (Å²) < 4.78 is 0. The van der Waals surface area contributed by atoms with E-state index in [0.717, 1.165) is 10.8 Å². The van der Waals surface area contributed by atoms with Crippen LogP contribution in [0.25, 0.3) is 10.8 Å². The average molecular weight is 217 g/mol. The molecule has 0 saturated carbocycles. The van der Waals surface area contributed by atoms with Crippen molar-refractivity contribution in [2.75, 3.05) is 0 Å². The average Bonchev–Trinajstić information content (AvgIpc) is 2.04. The van der Waals surface area contributed by atoms with Gasteiger partial charge in [-0.1, -0.05) is 30.3 Å². The van der Waals surface area contributed by atoms with Crippen LogP contribution < -0.4 is 0 Å².